The number of furan rings is 1. The molecule has 0 radical (unpaired) electrons. The minimum atomic E-state index is 0.547. The van der Waals surface area contributed by atoms with E-state index in [2.05, 4.69) is 23.7 Å². The molecule has 0 saturated carbocycles. The maximum Gasteiger partial charge on any atom is 0.206 e. The van der Waals surface area contributed by atoms with Crippen LogP contribution in [0.4, 0.5) is 0 Å². The molecule has 0 unspecified atom stereocenters. The fourth-order valence-corrected chi connectivity index (χ4v) is 3.84. The van der Waals surface area contributed by atoms with Crippen LogP contribution in [-0.2, 0) is 0 Å². The van der Waals surface area contributed by atoms with Crippen molar-refractivity contribution in [3.8, 4) is 17.2 Å². The van der Waals surface area contributed by atoms with Gasteiger partial charge in [-0.25, -0.2) is 4.68 Å². The number of nitrogens with zero attached hydrogens (tertiary/aromatic N) is 3. The van der Waals surface area contributed by atoms with Crippen molar-refractivity contribution in [2.24, 2.45) is 10.1 Å². The van der Waals surface area contributed by atoms with Gasteiger partial charge in [-0.15, -0.1) is 11.3 Å². The molecule has 0 aliphatic rings. The van der Waals surface area contributed by atoms with Crippen LogP contribution in [0, 0.1) is 0 Å². The van der Waals surface area contributed by atoms with Crippen molar-refractivity contribution in [3.05, 3.63) is 82.7 Å². The standard InChI is InChI=1S/C23H21N3O2S/c1-16(2)13-24-23-26(20(15-29-23)22-9-6-12-28-22)25-14-19-18-8-5-4-7-17(18)10-11-21(19)27-3/h4-12,14-15H,1,13H2,2-3H3. The lowest BCUT2D eigenvalue weighted by Gasteiger charge is -2.08. The molecule has 4 aromatic rings. The van der Waals surface area contributed by atoms with Gasteiger partial charge in [0.1, 0.15) is 11.4 Å². The first-order valence-corrected chi connectivity index (χ1v) is 10.0. The predicted octanol–water partition coefficient (Wildman–Crippen LogP) is 5.33. The third-order valence-corrected chi connectivity index (χ3v) is 5.25. The molecule has 0 amide bonds. The van der Waals surface area contributed by atoms with Crippen LogP contribution in [-0.4, -0.2) is 24.5 Å². The second-order valence-corrected chi connectivity index (χ2v) is 7.45. The van der Waals surface area contributed by atoms with E-state index < -0.39 is 0 Å². The zero-order chi connectivity index (χ0) is 20.2. The maximum atomic E-state index is 5.59. The number of aromatic nitrogens is 1. The highest BCUT2D eigenvalue weighted by Gasteiger charge is 2.11. The number of hydrogen-bond donors (Lipinski definition) is 0. The van der Waals surface area contributed by atoms with Crippen LogP contribution in [0.2, 0.25) is 0 Å². The maximum absolute atomic E-state index is 5.59. The number of rotatable bonds is 6. The molecule has 0 N–H and O–H groups in total. The summed E-state index contributed by atoms with van der Waals surface area (Å²) in [6, 6.07) is 16.0. The summed E-state index contributed by atoms with van der Waals surface area (Å²) in [6.07, 6.45) is 3.47. The van der Waals surface area contributed by atoms with Crippen molar-refractivity contribution in [1.82, 2.24) is 4.68 Å². The molecule has 0 atom stereocenters. The summed E-state index contributed by atoms with van der Waals surface area (Å²) in [5, 5.41) is 8.97. The van der Waals surface area contributed by atoms with Crippen molar-refractivity contribution in [2.75, 3.05) is 13.7 Å². The smallest absolute Gasteiger partial charge is 0.206 e. The predicted molar refractivity (Wildman–Crippen MR) is 119 cm³/mol. The molecule has 0 aliphatic carbocycles. The van der Waals surface area contributed by atoms with E-state index in [1.807, 2.05) is 54.9 Å². The van der Waals surface area contributed by atoms with Crippen LogP contribution in [0.15, 0.2) is 86.8 Å². The van der Waals surface area contributed by atoms with Gasteiger partial charge in [0.2, 0.25) is 4.80 Å². The van der Waals surface area contributed by atoms with Gasteiger partial charge >= 0.3 is 0 Å². The number of ether oxygens (including phenoxy) is 1. The highest BCUT2D eigenvalue weighted by atomic mass is 32.1. The van der Waals surface area contributed by atoms with Crippen molar-refractivity contribution >= 4 is 28.3 Å². The lowest BCUT2D eigenvalue weighted by atomic mass is 10.0. The third-order valence-electron chi connectivity index (χ3n) is 4.40. The molecule has 4 rings (SSSR count). The second kappa shape index (κ2) is 8.32. The molecule has 2 aromatic heterocycles. The Bertz CT molecular complexity index is 1250. The Morgan fingerprint density at radius 2 is 2.07 bits per heavy atom. The largest absolute Gasteiger partial charge is 0.496 e. The Labute approximate surface area is 172 Å². The summed E-state index contributed by atoms with van der Waals surface area (Å²) < 4.78 is 13.0. The molecule has 6 heteroatoms. The lowest BCUT2D eigenvalue weighted by Crippen LogP contribution is -2.13. The summed E-state index contributed by atoms with van der Waals surface area (Å²) >= 11 is 1.52. The zero-order valence-electron chi connectivity index (χ0n) is 16.3. The number of methoxy groups -OCH3 is 1. The molecule has 5 nitrogen and oxygen atoms in total. The minimum Gasteiger partial charge on any atom is -0.496 e. The molecule has 29 heavy (non-hydrogen) atoms. The minimum absolute atomic E-state index is 0.547. The third kappa shape index (κ3) is 3.93. The summed E-state index contributed by atoms with van der Waals surface area (Å²) in [5.74, 6) is 1.50. The van der Waals surface area contributed by atoms with Gasteiger partial charge in [0.05, 0.1) is 26.1 Å². The van der Waals surface area contributed by atoms with Gasteiger partial charge in [-0.1, -0.05) is 42.5 Å². The van der Waals surface area contributed by atoms with Crippen molar-refractivity contribution in [3.63, 3.8) is 0 Å². The first-order valence-electron chi connectivity index (χ1n) is 9.17. The topological polar surface area (TPSA) is 52.0 Å². The Morgan fingerprint density at radius 1 is 1.21 bits per heavy atom. The van der Waals surface area contributed by atoms with Crippen LogP contribution in [0.1, 0.15) is 12.5 Å². The number of benzene rings is 2. The lowest BCUT2D eigenvalue weighted by molar-refractivity contribution is 0.415. The molecule has 0 saturated heterocycles. The monoisotopic (exact) mass is 403 g/mol. The van der Waals surface area contributed by atoms with E-state index in [0.29, 0.717) is 6.54 Å². The van der Waals surface area contributed by atoms with E-state index in [0.717, 1.165) is 43.9 Å². The second-order valence-electron chi connectivity index (χ2n) is 6.61. The molecule has 0 fully saturated rings. The fourth-order valence-electron chi connectivity index (χ4n) is 3.02. The average molecular weight is 404 g/mol. The Morgan fingerprint density at radius 3 is 2.83 bits per heavy atom. The first kappa shape index (κ1) is 19.0. The summed E-state index contributed by atoms with van der Waals surface area (Å²) in [7, 11) is 1.67. The van der Waals surface area contributed by atoms with E-state index in [1.54, 1.807) is 18.0 Å². The van der Waals surface area contributed by atoms with Crippen molar-refractivity contribution in [2.45, 2.75) is 6.92 Å². The van der Waals surface area contributed by atoms with E-state index >= 15 is 0 Å². The van der Waals surface area contributed by atoms with E-state index in [9.17, 15) is 0 Å². The first-order chi connectivity index (χ1) is 14.2. The average Bonchev–Trinajstić information content (AvgIpc) is 3.39. The Balaban J connectivity index is 1.87. The Kier molecular flexibility index (Phi) is 5.44. The Hall–Kier alpha value is -3.38. The van der Waals surface area contributed by atoms with E-state index in [-0.39, 0.29) is 0 Å². The molecule has 0 aliphatic heterocycles. The summed E-state index contributed by atoms with van der Waals surface area (Å²) in [5.41, 5.74) is 2.75. The van der Waals surface area contributed by atoms with E-state index in [4.69, 9.17) is 14.3 Å². The van der Waals surface area contributed by atoms with Gasteiger partial charge in [0.15, 0.2) is 5.76 Å². The molecule has 0 spiro atoms. The fraction of sp³-hybridized carbons (Fsp3) is 0.130. The van der Waals surface area contributed by atoms with Gasteiger partial charge in [-0.3, -0.25) is 4.99 Å². The highest BCUT2D eigenvalue weighted by molar-refractivity contribution is 7.07. The quantitative estimate of drug-likeness (QED) is 0.323. The molecular weight excluding hydrogens is 382 g/mol. The van der Waals surface area contributed by atoms with Crippen molar-refractivity contribution < 1.29 is 9.15 Å². The summed E-state index contributed by atoms with van der Waals surface area (Å²) in [4.78, 5) is 5.42. The number of fused-ring (bicyclic) bond motifs is 1. The number of hydrogen-bond acceptors (Lipinski definition) is 5. The normalized spacial score (nSPS) is 12.1. The highest BCUT2D eigenvalue weighted by Crippen LogP contribution is 2.27. The summed E-state index contributed by atoms with van der Waals surface area (Å²) in [6.45, 7) is 6.44. The van der Waals surface area contributed by atoms with Crippen molar-refractivity contribution in [1.29, 1.82) is 0 Å². The molecular formula is C23H21N3O2S. The zero-order valence-corrected chi connectivity index (χ0v) is 17.1. The van der Waals surface area contributed by atoms with Crippen LogP contribution >= 0.6 is 11.3 Å². The van der Waals surface area contributed by atoms with Gasteiger partial charge in [0, 0.05) is 10.9 Å². The van der Waals surface area contributed by atoms with Crippen LogP contribution in [0.3, 0.4) is 0 Å². The molecule has 146 valence electrons. The van der Waals surface area contributed by atoms with Gasteiger partial charge < -0.3 is 9.15 Å². The SMILES string of the molecule is C=C(C)CN=c1scc(-c2ccco2)n1N=Cc1c(OC)ccc2ccccc12. The van der Waals surface area contributed by atoms with Crippen LogP contribution in [0.5, 0.6) is 5.75 Å². The number of thiazole rings is 1. The van der Waals surface area contributed by atoms with Crippen LogP contribution < -0.4 is 9.54 Å². The van der Waals surface area contributed by atoms with Gasteiger partial charge in [0.25, 0.3) is 0 Å². The molecule has 0 bridgehead atoms. The molecule has 2 aromatic carbocycles. The van der Waals surface area contributed by atoms with Gasteiger partial charge in [-0.05, 0) is 35.9 Å². The van der Waals surface area contributed by atoms with Crippen LogP contribution in [0.25, 0.3) is 22.2 Å². The van der Waals surface area contributed by atoms with E-state index in [1.165, 1.54) is 11.3 Å². The molecule has 2 heterocycles. The van der Waals surface area contributed by atoms with Gasteiger partial charge in [-0.2, -0.15) is 5.10 Å².